The van der Waals surface area contributed by atoms with Gasteiger partial charge in [0.15, 0.2) is 0 Å². The van der Waals surface area contributed by atoms with Crippen LogP contribution in [0.3, 0.4) is 0 Å². The van der Waals surface area contributed by atoms with E-state index in [-0.39, 0.29) is 5.97 Å². The van der Waals surface area contributed by atoms with Gasteiger partial charge in [-0.1, -0.05) is 42.2 Å². The molecule has 3 nitrogen and oxygen atoms in total. The first kappa shape index (κ1) is 14.6. The van der Waals surface area contributed by atoms with E-state index in [1.165, 1.54) is 7.11 Å². The van der Waals surface area contributed by atoms with Crippen LogP contribution in [0.5, 0.6) is 0 Å². The molecule has 0 amide bonds. The number of methoxy groups -OCH3 is 1. The Balaban J connectivity index is 1.71. The van der Waals surface area contributed by atoms with Crippen molar-refractivity contribution < 1.29 is 14.3 Å². The molecular formula is C17H20O3. The highest BCUT2D eigenvalue weighted by Crippen LogP contribution is 2.41. The minimum absolute atomic E-state index is 0.193. The summed E-state index contributed by atoms with van der Waals surface area (Å²) in [5.41, 5.74) is 0.624. The molecule has 0 aliphatic heterocycles. The molecule has 0 saturated heterocycles. The van der Waals surface area contributed by atoms with Gasteiger partial charge in [0, 0.05) is 6.42 Å². The van der Waals surface area contributed by atoms with Crippen molar-refractivity contribution >= 4 is 5.97 Å². The second kappa shape index (κ2) is 7.12. The standard InChI is InChI=1S/C17H20O3/c1-19-16(18)17(11-7-12-17)10-5-6-13-20-14-15-8-3-2-4-9-15/h2-4,8-9H,6-7,11-14H2,1H3. The molecule has 0 radical (unpaired) electrons. The van der Waals surface area contributed by atoms with Gasteiger partial charge in [-0.25, -0.2) is 0 Å². The number of benzene rings is 1. The largest absolute Gasteiger partial charge is 0.468 e. The van der Waals surface area contributed by atoms with Crippen molar-refractivity contribution in [2.45, 2.75) is 32.3 Å². The van der Waals surface area contributed by atoms with E-state index < -0.39 is 5.41 Å². The summed E-state index contributed by atoms with van der Waals surface area (Å²) in [6.45, 7) is 1.18. The Morgan fingerprint density at radius 1 is 1.30 bits per heavy atom. The summed E-state index contributed by atoms with van der Waals surface area (Å²) >= 11 is 0. The van der Waals surface area contributed by atoms with E-state index in [0.29, 0.717) is 19.6 Å². The van der Waals surface area contributed by atoms with E-state index in [0.717, 1.165) is 24.8 Å². The summed E-state index contributed by atoms with van der Waals surface area (Å²) in [5.74, 6) is 5.94. The number of carbonyl (C=O) groups is 1. The van der Waals surface area contributed by atoms with Gasteiger partial charge in [0.2, 0.25) is 0 Å². The minimum atomic E-state index is -0.534. The molecular weight excluding hydrogens is 252 g/mol. The summed E-state index contributed by atoms with van der Waals surface area (Å²) in [5, 5.41) is 0. The summed E-state index contributed by atoms with van der Waals surface area (Å²) in [6, 6.07) is 10.0. The highest BCUT2D eigenvalue weighted by atomic mass is 16.5. The van der Waals surface area contributed by atoms with Crippen molar-refractivity contribution in [3.63, 3.8) is 0 Å². The third kappa shape index (κ3) is 3.61. The first-order valence-electron chi connectivity index (χ1n) is 6.97. The fourth-order valence-corrected chi connectivity index (χ4v) is 2.23. The Labute approximate surface area is 120 Å². The fourth-order valence-electron chi connectivity index (χ4n) is 2.23. The SMILES string of the molecule is COC(=O)C1(C#CCCOCc2ccccc2)CCC1. The molecule has 0 bridgehead atoms. The van der Waals surface area contributed by atoms with Crippen molar-refractivity contribution in [1.82, 2.24) is 0 Å². The van der Waals surface area contributed by atoms with Crippen LogP contribution in [0, 0.1) is 17.3 Å². The highest BCUT2D eigenvalue weighted by molar-refractivity contribution is 5.81. The maximum atomic E-state index is 11.7. The number of carbonyl (C=O) groups excluding carboxylic acids is 1. The Hall–Kier alpha value is -1.79. The molecule has 0 spiro atoms. The monoisotopic (exact) mass is 272 g/mol. The number of rotatable bonds is 5. The van der Waals surface area contributed by atoms with Gasteiger partial charge in [-0.2, -0.15) is 0 Å². The molecule has 1 fully saturated rings. The van der Waals surface area contributed by atoms with Crippen LogP contribution < -0.4 is 0 Å². The zero-order valence-corrected chi connectivity index (χ0v) is 11.9. The second-order valence-corrected chi connectivity index (χ2v) is 5.02. The third-order valence-electron chi connectivity index (χ3n) is 3.59. The molecule has 0 unspecified atom stereocenters. The van der Waals surface area contributed by atoms with Gasteiger partial charge in [-0.15, -0.1) is 0 Å². The van der Waals surface area contributed by atoms with Gasteiger partial charge in [0.05, 0.1) is 20.3 Å². The molecule has 20 heavy (non-hydrogen) atoms. The second-order valence-electron chi connectivity index (χ2n) is 5.02. The smallest absolute Gasteiger partial charge is 0.323 e. The Kier molecular flexibility index (Phi) is 5.20. The van der Waals surface area contributed by atoms with Crippen LogP contribution in [-0.2, 0) is 20.9 Å². The number of ether oxygens (including phenoxy) is 2. The van der Waals surface area contributed by atoms with E-state index in [4.69, 9.17) is 9.47 Å². The van der Waals surface area contributed by atoms with E-state index in [1.54, 1.807) is 0 Å². The molecule has 0 aromatic heterocycles. The van der Waals surface area contributed by atoms with Crippen molar-refractivity contribution in [3.8, 4) is 11.8 Å². The lowest BCUT2D eigenvalue weighted by Gasteiger charge is -2.33. The Morgan fingerprint density at radius 2 is 2.05 bits per heavy atom. The summed E-state index contributed by atoms with van der Waals surface area (Å²) in [4.78, 5) is 11.7. The number of hydrogen-bond donors (Lipinski definition) is 0. The zero-order chi connectivity index (χ0) is 14.3. The maximum absolute atomic E-state index is 11.7. The van der Waals surface area contributed by atoms with Crippen molar-refractivity contribution in [1.29, 1.82) is 0 Å². The van der Waals surface area contributed by atoms with Crippen LogP contribution in [0.1, 0.15) is 31.2 Å². The summed E-state index contributed by atoms with van der Waals surface area (Å²) in [6.07, 6.45) is 3.33. The molecule has 106 valence electrons. The van der Waals surface area contributed by atoms with Crippen molar-refractivity contribution in [3.05, 3.63) is 35.9 Å². The summed E-state index contributed by atoms with van der Waals surface area (Å²) < 4.78 is 10.4. The lowest BCUT2D eigenvalue weighted by atomic mass is 9.69. The van der Waals surface area contributed by atoms with Crippen LogP contribution in [-0.4, -0.2) is 19.7 Å². The van der Waals surface area contributed by atoms with Crippen molar-refractivity contribution in [2.75, 3.05) is 13.7 Å². The van der Waals surface area contributed by atoms with Gasteiger partial charge < -0.3 is 9.47 Å². The molecule has 1 aliphatic rings. The van der Waals surface area contributed by atoms with Crippen LogP contribution in [0.4, 0.5) is 0 Å². The molecule has 3 heteroatoms. The van der Waals surface area contributed by atoms with E-state index in [9.17, 15) is 4.79 Å². The average Bonchev–Trinajstić information content (AvgIpc) is 2.45. The van der Waals surface area contributed by atoms with Crippen LogP contribution in [0.25, 0.3) is 0 Å². The fraction of sp³-hybridized carbons (Fsp3) is 0.471. The van der Waals surface area contributed by atoms with Gasteiger partial charge in [0.25, 0.3) is 0 Å². The number of hydrogen-bond acceptors (Lipinski definition) is 3. The molecule has 1 aliphatic carbocycles. The summed E-state index contributed by atoms with van der Waals surface area (Å²) in [7, 11) is 1.42. The van der Waals surface area contributed by atoms with Crippen LogP contribution >= 0.6 is 0 Å². The average molecular weight is 272 g/mol. The quantitative estimate of drug-likeness (QED) is 0.469. The van der Waals surface area contributed by atoms with Crippen molar-refractivity contribution in [2.24, 2.45) is 5.41 Å². The van der Waals surface area contributed by atoms with Crippen LogP contribution in [0.15, 0.2) is 30.3 Å². The number of esters is 1. The van der Waals surface area contributed by atoms with Gasteiger partial charge in [-0.3, -0.25) is 4.79 Å². The van der Waals surface area contributed by atoms with Crippen LogP contribution in [0.2, 0.25) is 0 Å². The molecule has 1 aromatic carbocycles. The topological polar surface area (TPSA) is 35.5 Å². The molecule has 0 heterocycles. The molecule has 1 aromatic rings. The molecule has 0 atom stereocenters. The zero-order valence-electron chi connectivity index (χ0n) is 11.9. The van der Waals surface area contributed by atoms with E-state index in [2.05, 4.69) is 11.8 Å². The minimum Gasteiger partial charge on any atom is -0.468 e. The van der Waals surface area contributed by atoms with E-state index in [1.807, 2.05) is 30.3 Å². The van der Waals surface area contributed by atoms with Gasteiger partial charge in [0.1, 0.15) is 5.41 Å². The predicted molar refractivity (Wildman–Crippen MR) is 76.8 cm³/mol. The first-order valence-corrected chi connectivity index (χ1v) is 6.97. The third-order valence-corrected chi connectivity index (χ3v) is 3.59. The van der Waals surface area contributed by atoms with Gasteiger partial charge >= 0.3 is 5.97 Å². The molecule has 1 saturated carbocycles. The molecule has 0 N–H and O–H groups in total. The predicted octanol–water partition coefficient (Wildman–Crippen LogP) is 2.94. The lowest BCUT2D eigenvalue weighted by molar-refractivity contribution is -0.153. The Bertz CT molecular complexity index is 492. The highest BCUT2D eigenvalue weighted by Gasteiger charge is 2.43. The Morgan fingerprint density at radius 3 is 2.65 bits per heavy atom. The van der Waals surface area contributed by atoms with Gasteiger partial charge in [-0.05, 0) is 24.8 Å². The first-order chi connectivity index (χ1) is 9.77. The lowest BCUT2D eigenvalue weighted by Crippen LogP contribution is -2.37. The molecule has 2 rings (SSSR count). The normalized spacial score (nSPS) is 15.7. The van der Waals surface area contributed by atoms with E-state index >= 15 is 0 Å². The maximum Gasteiger partial charge on any atom is 0.323 e.